The van der Waals surface area contributed by atoms with E-state index >= 15 is 0 Å². The Morgan fingerprint density at radius 3 is 2.79 bits per heavy atom. The van der Waals surface area contributed by atoms with Crippen LogP contribution in [0.15, 0.2) is 30.3 Å². The van der Waals surface area contributed by atoms with Crippen LogP contribution in [0.25, 0.3) is 6.08 Å². The Morgan fingerprint density at radius 1 is 1.14 bits per heavy atom. The molecule has 0 aliphatic heterocycles. The average Bonchev–Trinajstić information content (AvgIpc) is 2.16. The van der Waals surface area contributed by atoms with Crippen LogP contribution in [0.2, 0.25) is 0 Å². The van der Waals surface area contributed by atoms with Gasteiger partial charge in [-0.15, -0.1) is 0 Å². The molecule has 0 saturated carbocycles. The third-order valence-electron chi connectivity index (χ3n) is 3.12. The van der Waals surface area contributed by atoms with Gasteiger partial charge in [0.2, 0.25) is 0 Å². The second kappa shape index (κ2) is 4.00. The van der Waals surface area contributed by atoms with Crippen molar-refractivity contribution >= 4 is 6.08 Å². The van der Waals surface area contributed by atoms with Crippen molar-refractivity contribution < 1.29 is 0 Å². The van der Waals surface area contributed by atoms with E-state index in [2.05, 4.69) is 50.3 Å². The molecule has 74 valence electrons. The lowest BCUT2D eigenvalue weighted by molar-refractivity contribution is 0.487. The van der Waals surface area contributed by atoms with E-state index in [1.54, 1.807) is 0 Å². The highest BCUT2D eigenvalue weighted by Crippen LogP contribution is 2.30. The van der Waals surface area contributed by atoms with Crippen LogP contribution in [0.3, 0.4) is 0 Å². The molecule has 14 heavy (non-hydrogen) atoms. The Labute approximate surface area is 86.7 Å². The van der Waals surface area contributed by atoms with Crippen LogP contribution in [0, 0.1) is 5.92 Å². The quantitative estimate of drug-likeness (QED) is 0.568. The minimum absolute atomic E-state index is 0.700. The molecule has 1 aromatic rings. The Balaban J connectivity index is 2.39. The maximum atomic E-state index is 2.34. The van der Waals surface area contributed by atoms with E-state index in [4.69, 9.17) is 0 Å². The highest BCUT2D eigenvalue weighted by molar-refractivity contribution is 5.55. The number of fused-ring (bicyclic) bond motifs is 1. The Bertz CT molecular complexity index is 336. The molecule has 1 aromatic carbocycles. The number of hydrogen-bond donors (Lipinski definition) is 0. The lowest BCUT2D eigenvalue weighted by Crippen LogP contribution is -2.04. The highest BCUT2D eigenvalue weighted by Gasteiger charge is 2.14. The van der Waals surface area contributed by atoms with Gasteiger partial charge in [0.1, 0.15) is 0 Å². The first-order valence-electron chi connectivity index (χ1n) is 5.53. The van der Waals surface area contributed by atoms with Gasteiger partial charge >= 0.3 is 0 Å². The molecule has 0 N–H and O–H groups in total. The summed E-state index contributed by atoms with van der Waals surface area (Å²) < 4.78 is 0. The molecule has 0 bridgehead atoms. The summed E-state index contributed by atoms with van der Waals surface area (Å²) in [6, 6.07) is 8.76. The summed E-state index contributed by atoms with van der Waals surface area (Å²) >= 11 is 0. The van der Waals surface area contributed by atoms with Gasteiger partial charge < -0.3 is 0 Å². The SMILES string of the molecule is CC1CC=Cc2ccccc2C(C)C1. The minimum Gasteiger partial charge on any atom is -0.0837 e. The molecule has 0 spiro atoms. The van der Waals surface area contributed by atoms with E-state index in [9.17, 15) is 0 Å². The Kier molecular flexibility index (Phi) is 2.72. The molecule has 1 aliphatic rings. The third-order valence-corrected chi connectivity index (χ3v) is 3.12. The first kappa shape index (κ1) is 9.51. The summed E-state index contributed by atoms with van der Waals surface area (Å²) in [6.07, 6.45) is 7.12. The molecule has 0 fully saturated rings. The van der Waals surface area contributed by atoms with Gasteiger partial charge in [0.25, 0.3) is 0 Å². The fourth-order valence-corrected chi connectivity index (χ4v) is 2.37. The number of allylic oxidation sites excluding steroid dienone is 1. The number of benzene rings is 1. The predicted molar refractivity (Wildman–Crippen MR) is 62.3 cm³/mol. The normalized spacial score (nSPS) is 26.4. The van der Waals surface area contributed by atoms with Gasteiger partial charge in [0.15, 0.2) is 0 Å². The van der Waals surface area contributed by atoms with E-state index in [1.165, 1.54) is 24.0 Å². The largest absolute Gasteiger partial charge is 0.0837 e. The van der Waals surface area contributed by atoms with Gasteiger partial charge in [-0.1, -0.05) is 50.3 Å². The summed E-state index contributed by atoms with van der Waals surface area (Å²) in [4.78, 5) is 0. The van der Waals surface area contributed by atoms with Gasteiger partial charge in [-0.25, -0.2) is 0 Å². The van der Waals surface area contributed by atoms with Crippen molar-refractivity contribution in [2.24, 2.45) is 5.92 Å². The number of rotatable bonds is 0. The summed E-state index contributed by atoms with van der Waals surface area (Å²) in [7, 11) is 0. The van der Waals surface area contributed by atoms with Gasteiger partial charge in [-0.2, -0.15) is 0 Å². The molecule has 2 atom stereocenters. The molecule has 0 radical (unpaired) electrons. The minimum atomic E-state index is 0.700. The van der Waals surface area contributed by atoms with Crippen molar-refractivity contribution in [2.75, 3.05) is 0 Å². The topological polar surface area (TPSA) is 0 Å². The standard InChI is InChI=1S/C14H18/c1-11-6-5-8-13-7-3-4-9-14(13)12(2)10-11/h3-5,7-9,11-12H,6,10H2,1-2H3. The van der Waals surface area contributed by atoms with Crippen molar-refractivity contribution in [3.05, 3.63) is 41.5 Å². The highest BCUT2D eigenvalue weighted by atomic mass is 14.2. The van der Waals surface area contributed by atoms with E-state index in [1.807, 2.05) is 0 Å². The van der Waals surface area contributed by atoms with Crippen molar-refractivity contribution in [1.29, 1.82) is 0 Å². The molecule has 2 unspecified atom stereocenters. The van der Waals surface area contributed by atoms with Crippen LogP contribution in [0.1, 0.15) is 43.7 Å². The average molecular weight is 186 g/mol. The smallest absolute Gasteiger partial charge is 0.0182 e. The van der Waals surface area contributed by atoms with Crippen molar-refractivity contribution in [3.63, 3.8) is 0 Å². The zero-order valence-electron chi connectivity index (χ0n) is 9.03. The van der Waals surface area contributed by atoms with Gasteiger partial charge in [-0.3, -0.25) is 0 Å². The summed E-state index contributed by atoms with van der Waals surface area (Å²) in [6.45, 7) is 4.68. The predicted octanol–water partition coefficient (Wildman–Crippen LogP) is 4.23. The first-order valence-corrected chi connectivity index (χ1v) is 5.53. The molecule has 2 rings (SSSR count). The van der Waals surface area contributed by atoms with E-state index < -0.39 is 0 Å². The van der Waals surface area contributed by atoms with Crippen LogP contribution in [0.4, 0.5) is 0 Å². The van der Waals surface area contributed by atoms with Crippen LogP contribution < -0.4 is 0 Å². The summed E-state index contributed by atoms with van der Waals surface area (Å²) in [5.74, 6) is 1.51. The summed E-state index contributed by atoms with van der Waals surface area (Å²) in [5.41, 5.74) is 2.92. The molecule has 0 nitrogen and oxygen atoms in total. The monoisotopic (exact) mass is 186 g/mol. The van der Waals surface area contributed by atoms with Gasteiger partial charge in [-0.05, 0) is 35.8 Å². The molecule has 0 heterocycles. The zero-order chi connectivity index (χ0) is 9.97. The molecule has 0 amide bonds. The fraction of sp³-hybridized carbons (Fsp3) is 0.429. The van der Waals surface area contributed by atoms with Crippen molar-refractivity contribution in [2.45, 2.75) is 32.6 Å². The maximum absolute atomic E-state index is 2.34. The lowest BCUT2D eigenvalue weighted by Gasteiger charge is -2.20. The van der Waals surface area contributed by atoms with Crippen LogP contribution in [-0.4, -0.2) is 0 Å². The van der Waals surface area contributed by atoms with Crippen LogP contribution >= 0.6 is 0 Å². The molecule has 0 saturated heterocycles. The Hall–Kier alpha value is -1.04. The maximum Gasteiger partial charge on any atom is -0.0182 e. The molecule has 1 aliphatic carbocycles. The lowest BCUT2D eigenvalue weighted by atomic mass is 9.85. The number of hydrogen-bond acceptors (Lipinski definition) is 0. The summed E-state index contributed by atoms with van der Waals surface area (Å²) in [5, 5.41) is 0. The Morgan fingerprint density at radius 2 is 1.93 bits per heavy atom. The van der Waals surface area contributed by atoms with Crippen LogP contribution in [0.5, 0.6) is 0 Å². The second-order valence-electron chi connectivity index (χ2n) is 4.51. The molecule has 0 heteroatoms. The zero-order valence-corrected chi connectivity index (χ0v) is 9.03. The third kappa shape index (κ3) is 1.89. The fourth-order valence-electron chi connectivity index (χ4n) is 2.37. The molecule has 0 aromatic heterocycles. The van der Waals surface area contributed by atoms with Gasteiger partial charge in [0.05, 0.1) is 0 Å². The van der Waals surface area contributed by atoms with E-state index in [-0.39, 0.29) is 0 Å². The van der Waals surface area contributed by atoms with Crippen LogP contribution in [-0.2, 0) is 0 Å². The van der Waals surface area contributed by atoms with E-state index in [0.29, 0.717) is 5.92 Å². The molecular formula is C14H18. The second-order valence-corrected chi connectivity index (χ2v) is 4.51. The first-order chi connectivity index (χ1) is 6.77. The van der Waals surface area contributed by atoms with Crippen molar-refractivity contribution in [1.82, 2.24) is 0 Å². The van der Waals surface area contributed by atoms with Crippen molar-refractivity contribution in [3.8, 4) is 0 Å². The van der Waals surface area contributed by atoms with Gasteiger partial charge in [0, 0.05) is 0 Å². The van der Waals surface area contributed by atoms with E-state index in [0.717, 1.165) is 5.92 Å². The molecular weight excluding hydrogens is 168 g/mol.